The summed E-state index contributed by atoms with van der Waals surface area (Å²) in [5.74, 6) is 0.751. The van der Waals surface area contributed by atoms with E-state index in [0.29, 0.717) is 38.7 Å². The van der Waals surface area contributed by atoms with Crippen LogP contribution in [0.3, 0.4) is 0 Å². The lowest BCUT2D eigenvalue weighted by Gasteiger charge is -2.35. The van der Waals surface area contributed by atoms with Crippen molar-refractivity contribution in [2.75, 3.05) is 4.90 Å². The fourth-order valence-electron chi connectivity index (χ4n) is 4.00. The van der Waals surface area contributed by atoms with Gasteiger partial charge in [-0.1, -0.05) is 64.3 Å². The highest BCUT2D eigenvalue weighted by Gasteiger charge is 2.36. The largest absolute Gasteiger partial charge is 0.334 e. The Kier molecular flexibility index (Phi) is 5.86. The Hall–Kier alpha value is -3.61. The third-order valence-corrected chi connectivity index (χ3v) is 6.21. The molecule has 1 unspecified atom stereocenters. The number of amides is 2. The Morgan fingerprint density at radius 1 is 0.941 bits per heavy atom. The van der Waals surface area contributed by atoms with Gasteiger partial charge in [0, 0.05) is 21.3 Å². The molecule has 8 heteroatoms. The molecule has 6 nitrogen and oxygen atoms in total. The minimum absolute atomic E-state index is 0.272. The van der Waals surface area contributed by atoms with Crippen molar-refractivity contribution in [1.29, 1.82) is 0 Å². The molecule has 170 valence electrons. The van der Waals surface area contributed by atoms with Crippen LogP contribution in [0, 0.1) is 6.92 Å². The topological polar surface area (TPSA) is 71.3 Å². The van der Waals surface area contributed by atoms with E-state index in [1.165, 1.54) is 0 Å². The lowest BCUT2D eigenvalue weighted by atomic mass is 9.94. The fraction of sp³-hybridized carbons (Fsp3) is 0.115. The van der Waals surface area contributed by atoms with Crippen LogP contribution in [0.4, 0.5) is 10.5 Å². The maximum atomic E-state index is 13.3. The number of allylic oxidation sites excluding steroid dienone is 1. The number of anilines is 1. The van der Waals surface area contributed by atoms with E-state index in [1.807, 2.05) is 56.3 Å². The molecule has 1 atom stereocenters. The van der Waals surface area contributed by atoms with E-state index in [2.05, 4.69) is 15.5 Å². The third-order valence-electron chi connectivity index (χ3n) is 5.72. The Morgan fingerprint density at radius 2 is 1.68 bits per heavy atom. The van der Waals surface area contributed by atoms with Crippen LogP contribution in [-0.2, 0) is 0 Å². The van der Waals surface area contributed by atoms with Crippen molar-refractivity contribution >= 4 is 40.5 Å². The molecular weight excluding hydrogens is 471 g/mol. The first-order chi connectivity index (χ1) is 16.4. The molecule has 34 heavy (non-hydrogen) atoms. The maximum absolute atomic E-state index is 13.3. The molecular formula is C26H20Cl2N4O2. The van der Waals surface area contributed by atoms with Gasteiger partial charge in [0.25, 0.3) is 5.89 Å². The van der Waals surface area contributed by atoms with Crippen molar-refractivity contribution in [1.82, 2.24) is 15.5 Å². The molecule has 0 saturated heterocycles. The number of carbonyl (C=O) groups is 1. The Bertz CT molecular complexity index is 1400. The Balaban J connectivity index is 1.65. The molecule has 1 aliphatic rings. The number of nitrogens with one attached hydrogen (secondary N) is 1. The van der Waals surface area contributed by atoms with Gasteiger partial charge in [0.1, 0.15) is 0 Å². The van der Waals surface area contributed by atoms with Crippen molar-refractivity contribution in [3.63, 3.8) is 0 Å². The minimum Gasteiger partial charge on any atom is -0.334 e. The molecule has 4 aromatic rings. The normalized spacial score (nSPS) is 16.1. The lowest BCUT2D eigenvalue weighted by Crippen LogP contribution is -2.46. The first-order valence-electron chi connectivity index (χ1n) is 10.6. The smallest absolute Gasteiger partial charge is 0.326 e. The van der Waals surface area contributed by atoms with Crippen molar-refractivity contribution in [2.24, 2.45) is 0 Å². The second-order valence-electron chi connectivity index (χ2n) is 8.04. The maximum Gasteiger partial charge on any atom is 0.326 e. The Labute approximate surface area is 206 Å². The number of rotatable bonds is 4. The number of nitrogens with zero attached hydrogens (tertiary/aromatic N) is 3. The quantitative estimate of drug-likeness (QED) is 0.332. The van der Waals surface area contributed by atoms with Gasteiger partial charge < -0.3 is 9.84 Å². The summed E-state index contributed by atoms with van der Waals surface area (Å²) < 4.78 is 5.72. The third kappa shape index (κ3) is 4.18. The summed E-state index contributed by atoms with van der Waals surface area (Å²) in [5, 5.41) is 8.43. The number of carbonyl (C=O) groups excluding carboxylic acids is 1. The van der Waals surface area contributed by atoms with Crippen LogP contribution in [-0.4, -0.2) is 16.2 Å². The number of urea groups is 1. The van der Waals surface area contributed by atoms with Crippen molar-refractivity contribution < 1.29 is 9.32 Å². The van der Waals surface area contributed by atoms with E-state index < -0.39 is 6.04 Å². The van der Waals surface area contributed by atoms with Crippen LogP contribution in [0.15, 0.2) is 83.0 Å². The van der Waals surface area contributed by atoms with Gasteiger partial charge in [-0.25, -0.2) is 4.79 Å². The first-order valence-corrected chi connectivity index (χ1v) is 11.4. The van der Waals surface area contributed by atoms with Gasteiger partial charge in [-0.05, 0) is 61.9 Å². The zero-order valence-electron chi connectivity index (χ0n) is 18.4. The van der Waals surface area contributed by atoms with Gasteiger partial charge in [-0.3, -0.25) is 4.90 Å². The molecule has 0 fully saturated rings. The predicted octanol–water partition coefficient (Wildman–Crippen LogP) is 7.05. The molecule has 1 N–H and O–H groups in total. The molecule has 0 bridgehead atoms. The van der Waals surface area contributed by atoms with Crippen molar-refractivity contribution in [3.8, 4) is 11.4 Å². The highest BCUT2D eigenvalue weighted by molar-refractivity contribution is 6.31. The lowest BCUT2D eigenvalue weighted by molar-refractivity contribution is 0.244. The molecule has 3 aromatic carbocycles. The predicted molar refractivity (Wildman–Crippen MR) is 134 cm³/mol. The summed E-state index contributed by atoms with van der Waals surface area (Å²) in [6, 6.07) is 21.6. The number of aromatic nitrogens is 2. The van der Waals surface area contributed by atoms with Gasteiger partial charge in [0.2, 0.25) is 5.82 Å². The van der Waals surface area contributed by atoms with Crippen LogP contribution in [0.25, 0.3) is 17.0 Å². The molecule has 5 rings (SSSR count). The number of hydrogen-bond donors (Lipinski definition) is 1. The first kappa shape index (κ1) is 22.2. The van der Waals surface area contributed by atoms with Gasteiger partial charge >= 0.3 is 6.03 Å². The number of aryl methyl sites for hydroxylation is 1. The molecule has 2 amide bonds. The summed E-state index contributed by atoms with van der Waals surface area (Å²) in [6.07, 6.45) is 0. The average molecular weight is 491 g/mol. The summed E-state index contributed by atoms with van der Waals surface area (Å²) >= 11 is 12.2. The van der Waals surface area contributed by atoms with Crippen LogP contribution in [0.1, 0.15) is 30.0 Å². The second kappa shape index (κ2) is 8.97. The van der Waals surface area contributed by atoms with Gasteiger partial charge in [-0.15, -0.1) is 0 Å². The number of hydrogen-bond acceptors (Lipinski definition) is 4. The second-order valence-corrected chi connectivity index (χ2v) is 8.91. The van der Waals surface area contributed by atoms with Crippen molar-refractivity contribution in [3.05, 3.63) is 106 Å². The summed E-state index contributed by atoms with van der Waals surface area (Å²) in [7, 11) is 0. The zero-order valence-corrected chi connectivity index (χ0v) is 19.9. The van der Waals surface area contributed by atoms with Crippen LogP contribution >= 0.6 is 23.2 Å². The fourth-order valence-corrected chi connectivity index (χ4v) is 4.31. The van der Waals surface area contributed by atoms with Gasteiger partial charge in [0.05, 0.1) is 17.3 Å². The number of halogens is 2. The van der Waals surface area contributed by atoms with E-state index in [4.69, 9.17) is 27.7 Å². The van der Waals surface area contributed by atoms with Crippen LogP contribution < -0.4 is 10.2 Å². The number of benzene rings is 3. The van der Waals surface area contributed by atoms with E-state index in [-0.39, 0.29) is 6.03 Å². The van der Waals surface area contributed by atoms with E-state index >= 15 is 0 Å². The zero-order chi connectivity index (χ0) is 23.8. The Morgan fingerprint density at radius 3 is 2.38 bits per heavy atom. The highest BCUT2D eigenvalue weighted by Crippen LogP contribution is 2.39. The SMILES string of the molecule is CC1=C(c2nc(-c3ccc(Cl)cc3)no2)C(c2ccc(C)cc2)NC(=O)N1c1cccc(Cl)c1. The minimum atomic E-state index is -0.470. The standard InChI is InChI=1S/C26H20Cl2N4O2/c1-15-6-8-17(9-7-15)23-22(25-30-24(31-34-25)18-10-12-19(27)13-11-18)16(2)32(26(33)29-23)21-5-3-4-20(28)14-21/h3-14,23H,1-2H3,(H,29,33). The van der Waals surface area contributed by atoms with Crippen LogP contribution in [0.5, 0.6) is 0 Å². The van der Waals surface area contributed by atoms with E-state index in [9.17, 15) is 4.79 Å². The van der Waals surface area contributed by atoms with E-state index in [1.54, 1.807) is 35.2 Å². The molecule has 0 aliphatic carbocycles. The molecule has 0 spiro atoms. The van der Waals surface area contributed by atoms with Gasteiger partial charge in [-0.2, -0.15) is 4.98 Å². The molecule has 0 saturated carbocycles. The average Bonchev–Trinajstić information content (AvgIpc) is 3.29. The summed E-state index contributed by atoms with van der Waals surface area (Å²) in [6.45, 7) is 3.88. The molecule has 1 aromatic heterocycles. The van der Waals surface area contributed by atoms with Crippen molar-refractivity contribution in [2.45, 2.75) is 19.9 Å². The van der Waals surface area contributed by atoms with Gasteiger partial charge in [0.15, 0.2) is 0 Å². The monoisotopic (exact) mass is 490 g/mol. The molecule has 0 radical (unpaired) electrons. The van der Waals surface area contributed by atoms with Crippen LogP contribution in [0.2, 0.25) is 10.0 Å². The molecule has 1 aliphatic heterocycles. The highest BCUT2D eigenvalue weighted by atomic mass is 35.5. The van der Waals surface area contributed by atoms with E-state index in [0.717, 1.165) is 16.7 Å². The summed E-state index contributed by atoms with van der Waals surface area (Å²) in [4.78, 5) is 19.5. The summed E-state index contributed by atoms with van der Waals surface area (Å²) in [5.41, 5.74) is 4.82. The molecule has 2 heterocycles.